The first-order valence-corrected chi connectivity index (χ1v) is 6.78. The highest BCUT2D eigenvalue weighted by atomic mass is 16.5. The van der Waals surface area contributed by atoms with Gasteiger partial charge < -0.3 is 14.1 Å². The van der Waals surface area contributed by atoms with Gasteiger partial charge in [0.2, 0.25) is 5.43 Å². The Balaban J connectivity index is 2.39. The summed E-state index contributed by atoms with van der Waals surface area (Å²) < 4.78 is 11.4. The van der Waals surface area contributed by atoms with Gasteiger partial charge in [0.1, 0.15) is 5.58 Å². The van der Waals surface area contributed by atoms with E-state index in [1.165, 1.54) is 0 Å². The lowest BCUT2D eigenvalue weighted by molar-refractivity contribution is 0.371. The van der Waals surface area contributed by atoms with Gasteiger partial charge in [-0.25, -0.2) is 0 Å². The van der Waals surface area contributed by atoms with Crippen molar-refractivity contribution in [2.75, 3.05) is 21.2 Å². The number of nitrogens with zero attached hydrogens (tertiary/aromatic N) is 1. The smallest absolute Gasteiger partial charge is 0.200 e. The van der Waals surface area contributed by atoms with E-state index in [9.17, 15) is 4.79 Å². The third-order valence-corrected chi connectivity index (χ3v) is 3.47. The molecule has 4 heteroatoms. The number of hydrogen-bond donors (Lipinski definition) is 0. The van der Waals surface area contributed by atoms with Crippen molar-refractivity contribution in [3.63, 3.8) is 0 Å². The van der Waals surface area contributed by atoms with Crippen LogP contribution in [0.1, 0.15) is 5.56 Å². The highest BCUT2D eigenvalue weighted by Gasteiger charge is 2.15. The number of ether oxygens (including phenoxy) is 1. The van der Waals surface area contributed by atoms with Crippen LogP contribution in [0, 0.1) is 0 Å². The molecule has 0 bridgehead atoms. The second kappa shape index (κ2) is 5.22. The molecule has 0 saturated carbocycles. The highest BCUT2D eigenvalue weighted by Crippen LogP contribution is 2.31. The maximum absolute atomic E-state index is 12.6. The molecule has 0 unspecified atom stereocenters. The predicted octanol–water partition coefficient (Wildman–Crippen LogP) is 3.02. The average molecular weight is 283 g/mol. The Kier molecular flexibility index (Phi) is 3.39. The number of benzene rings is 2. The van der Waals surface area contributed by atoms with Gasteiger partial charge in [-0.3, -0.25) is 4.79 Å². The van der Waals surface area contributed by atoms with E-state index in [-0.39, 0.29) is 5.43 Å². The Hall–Kier alpha value is -2.33. The minimum atomic E-state index is -0.0263. The van der Waals surface area contributed by atoms with E-state index < -0.39 is 0 Å². The lowest BCUT2D eigenvalue weighted by Gasteiger charge is -2.14. The van der Waals surface area contributed by atoms with E-state index in [0.29, 0.717) is 27.7 Å². The summed E-state index contributed by atoms with van der Waals surface area (Å²) in [6.07, 6.45) is 0. The van der Waals surface area contributed by atoms with Gasteiger partial charge in [-0.1, -0.05) is 18.2 Å². The van der Waals surface area contributed by atoms with Crippen molar-refractivity contribution in [2.45, 2.75) is 6.54 Å². The lowest BCUT2D eigenvalue weighted by atomic mass is 10.1. The molecular formula is C17H17NO3. The van der Waals surface area contributed by atoms with Crippen LogP contribution in [-0.4, -0.2) is 26.1 Å². The Bertz CT molecular complexity index is 865. The van der Waals surface area contributed by atoms with Gasteiger partial charge in [-0.05, 0) is 32.3 Å². The Morgan fingerprint density at radius 3 is 2.57 bits per heavy atom. The van der Waals surface area contributed by atoms with Crippen molar-refractivity contribution in [3.05, 3.63) is 52.2 Å². The molecule has 3 rings (SSSR count). The highest BCUT2D eigenvalue weighted by molar-refractivity contribution is 5.93. The zero-order valence-electron chi connectivity index (χ0n) is 12.3. The van der Waals surface area contributed by atoms with Crippen molar-refractivity contribution in [1.29, 1.82) is 0 Å². The van der Waals surface area contributed by atoms with Gasteiger partial charge in [0.25, 0.3) is 0 Å². The van der Waals surface area contributed by atoms with Gasteiger partial charge in [0, 0.05) is 12.1 Å². The molecule has 0 atom stereocenters. The van der Waals surface area contributed by atoms with Gasteiger partial charge in [-0.15, -0.1) is 0 Å². The van der Waals surface area contributed by atoms with Gasteiger partial charge in [-0.2, -0.15) is 0 Å². The van der Waals surface area contributed by atoms with E-state index in [0.717, 1.165) is 12.1 Å². The predicted molar refractivity (Wildman–Crippen MR) is 83.9 cm³/mol. The molecule has 0 amide bonds. The van der Waals surface area contributed by atoms with Crippen molar-refractivity contribution in [2.24, 2.45) is 0 Å². The van der Waals surface area contributed by atoms with Crippen molar-refractivity contribution < 1.29 is 9.15 Å². The van der Waals surface area contributed by atoms with Gasteiger partial charge in [0.05, 0.1) is 17.9 Å². The summed E-state index contributed by atoms with van der Waals surface area (Å²) in [6.45, 7) is 0.718. The lowest BCUT2D eigenvalue weighted by Crippen LogP contribution is -2.12. The molecule has 0 aliphatic heterocycles. The fourth-order valence-corrected chi connectivity index (χ4v) is 2.57. The molecule has 0 fully saturated rings. The molecule has 2 aromatic carbocycles. The van der Waals surface area contributed by atoms with Crippen molar-refractivity contribution in [3.8, 4) is 5.75 Å². The third kappa shape index (κ3) is 2.28. The summed E-state index contributed by atoms with van der Waals surface area (Å²) in [5.41, 5.74) is 2.06. The maximum atomic E-state index is 12.6. The molecule has 0 radical (unpaired) electrons. The van der Waals surface area contributed by atoms with E-state index in [1.54, 1.807) is 19.2 Å². The van der Waals surface area contributed by atoms with Crippen LogP contribution in [0.5, 0.6) is 5.75 Å². The second-order valence-corrected chi connectivity index (χ2v) is 5.30. The summed E-state index contributed by atoms with van der Waals surface area (Å²) in [5.74, 6) is 0.629. The Morgan fingerprint density at radius 1 is 1.10 bits per heavy atom. The van der Waals surface area contributed by atoms with Crippen LogP contribution in [-0.2, 0) is 6.54 Å². The number of para-hydroxylation sites is 1. The molecule has 1 heterocycles. The molecule has 1 aromatic heterocycles. The monoisotopic (exact) mass is 283 g/mol. The molecule has 108 valence electrons. The van der Waals surface area contributed by atoms with Crippen LogP contribution in [0.4, 0.5) is 0 Å². The van der Waals surface area contributed by atoms with Gasteiger partial charge in [0.15, 0.2) is 11.3 Å². The first-order valence-electron chi connectivity index (χ1n) is 6.78. The number of hydrogen-bond acceptors (Lipinski definition) is 4. The molecule has 21 heavy (non-hydrogen) atoms. The van der Waals surface area contributed by atoms with Crippen LogP contribution in [0.2, 0.25) is 0 Å². The van der Waals surface area contributed by atoms with E-state index in [2.05, 4.69) is 0 Å². The molecule has 0 saturated heterocycles. The average Bonchev–Trinajstić information content (AvgIpc) is 2.47. The zero-order valence-corrected chi connectivity index (χ0v) is 12.3. The van der Waals surface area contributed by atoms with E-state index >= 15 is 0 Å². The first kappa shape index (κ1) is 13.6. The summed E-state index contributed by atoms with van der Waals surface area (Å²) in [6, 6.07) is 11.0. The normalized spacial score (nSPS) is 11.4. The third-order valence-electron chi connectivity index (χ3n) is 3.47. The summed E-state index contributed by atoms with van der Waals surface area (Å²) in [5, 5.41) is 1.14. The topological polar surface area (TPSA) is 42.7 Å². The van der Waals surface area contributed by atoms with Crippen LogP contribution in [0.25, 0.3) is 21.9 Å². The fraction of sp³-hybridized carbons (Fsp3) is 0.235. The molecule has 4 nitrogen and oxygen atoms in total. The summed E-state index contributed by atoms with van der Waals surface area (Å²) in [7, 11) is 5.57. The molecule has 3 aromatic rings. The van der Waals surface area contributed by atoms with E-state index in [1.807, 2.05) is 43.3 Å². The Labute approximate surface area is 122 Å². The van der Waals surface area contributed by atoms with Crippen molar-refractivity contribution in [1.82, 2.24) is 4.90 Å². The standard InChI is InChI=1S/C17H17NO3/c1-18(2)10-11-8-9-13-15(19)12-6-4-5-7-14(12)21-17(13)16(11)20-3/h4-9H,10H2,1-3H3. The number of methoxy groups -OCH3 is 1. The van der Waals surface area contributed by atoms with Crippen LogP contribution in [0.3, 0.4) is 0 Å². The van der Waals surface area contributed by atoms with Crippen LogP contribution >= 0.6 is 0 Å². The Morgan fingerprint density at radius 2 is 1.86 bits per heavy atom. The quantitative estimate of drug-likeness (QED) is 0.693. The van der Waals surface area contributed by atoms with E-state index in [4.69, 9.17) is 9.15 Å². The second-order valence-electron chi connectivity index (χ2n) is 5.30. The maximum Gasteiger partial charge on any atom is 0.200 e. The largest absolute Gasteiger partial charge is 0.492 e. The van der Waals surface area contributed by atoms with Crippen LogP contribution < -0.4 is 10.2 Å². The van der Waals surface area contributed by atoms with Crippen molar-refractivity contribution >= 4 is 21.9 Å². The first-order chi connectivity index (χ1) is 10.1. The number of rotatable bonds is 3. The summed E-state index contributed by atoms with van der Waals surface area (Å²) in [4.78, 5) is 14.6. The van der Waals surface area contributed by atoms with Gasteiger partial charge >= 0.3 is 0 Å². The molecule has 0 spiro atoms. The SMILES string of the molecule is COc1c(CN(C)C)ccc2c(=O)c3ccccc3oc12. The minimum Gasteiger partial charge on any atom is -0.492 e. The molecule has 0 aliphatic carbocycles. The minimum absolute atomic E-state index is 0.0263. The molecule has 0 aliphatic rings. The van der Waals surface area contributed by atoms with Crippen LogP contribution in [0.15, 0.2) is 45.6 Å². The number of fused-ring (bicyclic) bond motifs is 2. The summed E-state index contributed by atoms with van der Waals surface area (Å²) >= 11 is 0. The molecular weight excluding hydrogens is 266 g/mol. The fourth-order valence-electron chi connectivity index (χ4n) is 2.57. The zero-order chi connectivity index (χ0) is 15.0. The molecule has 0 N–H and O–H groups in total.